The Labute approximate surface area is 155 Å². The number of nitrogens with zero attached hydrogens (tertiary/aromatic N) is 2. The van der Waals surface area contributed by atoms with Crippen molar-refractivity contribution in [2.75, 3.05) is 0 Å². The van der Waals surface area contributed by atoms with Crippen molar-refractivity contribution in [3.63, 3.8) is 0 Å². The maximum Gasteiger partial charge on any atom is 0.223 e. The van der Waals surface area contributed by atoms with Crippen LogP contribution in [0.15, 0.2) is 54.6 Å². The van der Waals surface area contributed by atoms with Gasteiger partial charge < -0.3 is 9.47 Å². The van der Waals surface area contributed by atoms with Gasteiger partial charge >= 0.3 is 0 Å². The van der Waals surface area contributed by atoms with E-state index in [1.54, 1.807) is 0 Å². The van der Waals surface area contributed by atoms with Gasteiger partial charge in [-0.15, -0.1) is 0 Å². The van der Waals surface area contributed by atoms with Gasteiger partial charge in [0.2, 0.25) is 5.91 Å². The Balaban J connectivity index is 1.98. The van der Waals surface area contributed by atoms with E-state index in [4.69, 9.17) is 0 Å². The first-order valence-electron chi connectivity index (χ1n) is 9.57. The van der Waals surface area contributed by atoms with Gasteiger partial charge in [-0.25, -0.2) is 0 Å². The summed E-state index contributed by atoms with van der Waals surface area (Å²) in [4.78, 5) is 14.8. The second kappa shape index (κ2) is 6.64. The van der Waals surface area contributed by atoms with Crippen LogP contribution >= 0.6 is 0 Å². The molecular weight excluding hydrogens is 320 g/mol. The van der Waals surface area contributed by atoms with Crippen molar-refractivity contribution in [1.29, 1.82) is 0 Å². The van der Waals surface area contributed by atoms with Crippen LogP contribution in [0, 0.1) is 0 Å². The third-order valence-electron chi connectivity index (χ3n) is 5.85. The van der Waals surface area contributed by atoms with Gasteiger partial charge in [0.15, 0.2) is 0 Å². The molecule has 1 aliphatic heterocycles. The van der Waals surface area contributed by atoms with Crippen LogP contribution in [0.4, 0.5) is 0 Å². The SMILES string of the molecule is CC[C@@H](C)N1C(=O)CC[C@@H]1c1c(-c2ccccc2)n(C)c2ccccc12. The van der Waals surface area contributed by atoms with Gasteiger partial charge in [-0.1, -0.05) is 55.5 Å². The highest BCUT2D eigenvalue weighted by atomic mass is 16.2. The monoisotopic (exact) mass is 346 g/mol. The van der Waals surface area contributed by atoms with Crippen LogP contribution in [0.3, 0.4) is 0 Å². The van der Waals surface area contributed by atoms with E-state index in [0.29, 0.717) is 6.42 Å². The molecule has 0 bridgehead atoms. The topological polar surface area (TPSA) is 25.2 Å². The van der Waals surface area contributed by atoms with Crippen molar-refractivity contribution < 1.29 is 4.79 Å². The predicted molar refractivity (Wildman–Crippen MR) is 107 cm³/mol. The fourth-order valence-corrected chi connectivity index (χ4v) is 4.44. The smallest absolute Gasteiger partial charge is 0.223 e. The number of rotatable bonds is 4. The van der Waals surface area contributed by atoms with Gasteiger partial charge in [0.1, 0.15) is 0 Å². The van der Waals surface area contributed by atoms with Crippen LogP contribution in [0.2, 0.25) is 0 Å². The van der Waals surface area contributed by atoms with Crippen molar-refractivity contribution in [2.24, 2.45) is 7.05 Å². The Hall–Kier alpha value is -2.55. The zero-order chi connectivity index (χ0) is 18.3. The normalized spacial score (nSPS) is 18.7. The summed E-state index contributed by atoms with van der Waals surface area (Å²) in [6.07, 6.45) is 2.52. The number of likely N-dealkylation sites (tertiary alicyclic amines) is 1. The zero-order valence-electron chi connectivity index (χ0n) is 15.8. The Kier molecular flexibility index (Phi) is 4.31. The number of aryl methyl sites for hydroxylation is 1. The average molecular weight is 346 g/mol. The third-order valence-corrected chi connectivity index (χ3v) is 5.85. The second-order valence-corrected chi connectivity index (χ2v) is 7.32. The molecule has 2 heterocycles. The summed E-state index contributed by atoms with van der Waals surface area (Å²) in [6.45, 7) is 4.33. The molecule has 0 radical (unpaired) electrons. The zero-order valence-corrected chi connectivity index (χ0v) is 15.8. The largest absolute Gasteiger partial charge is 0.343 e. The van der Waals surface area contributed by atoms with Gasteiger partial charge in [0, 0.05) is 36.0 Å². The molecule has 1 aliphatic rings. The van der Waals surface area contributed by atoms with Gasteiger partial charge in [-0.3, -0.25) is 4.79 Å². The lowest BCUT2D eigenvalue weighted by atomic mass is 9.96. The summed E-state index contributed by atoms with van der Waals surface area (Å²) in [7, 11) is 2.14. The van der Waals surface area contributed by atoms with Gasteiger partial charge in [-0.05, 0) is 31.4 Å². The molecule has 1 amide bonds. The molecule has 3 heteroatoms. The molecule has 3 nitrogen and oxygen atoms in total. The molecule has 0 unspecified atom stereocenters. The number of hydrogen-bond acceptors (Lipinski definition) is 1. The molecular formula is C23H26N2O. The molecule has 0 N–H and O–H groups in total. The van der Waals surface area contributed by atoms with Crippen molar-refractivity contribution in [3.05, 3.63) is 60.2 Å². The molecule has 1 fully saturated rings. The van der Waals surface area contributed by atoms with Crippen LogP contribution in [0.5, 0.6) is 0 Å². The fourth-order valence-electron chi connectivity index (χ4n) is 4.44. The van der Waals surface area contributed by atoms with E-state index in [-0.39, 0.29) is 18.0 Å². The van der Waals surface area contributed by atoms with Gasteiger partial charge in [0.25, 0.3) is 0 Å². The van der Waals surface area contributed by atoms with E-state index in [1.807, 2.05) is 0 Å². The van der Waals surface area contributed by atoms with Crippen LogP contribution in [-0.2, 0) is 11.8 Å². The highest BCUT2D eigenvalue weighted by Crippen LogP contribution is 2.44. The molecule has 1 aromatic heterocycles. The molecule has 3 aromatic rings. The summed E-state index contributed by atoms with van der Waals surface area (Å²) in [5.41, 5.74) is 4.98. The van der Waals surface area contributed by atoms with Crippen LogP contribution < -0.4 is 0 Å². The minimum absolute atomic E-state index is 0.152. The van der Waals surface area contributed by atoms with E-state index in [1.165, 1.54) is 27.7 Å². The number of para-hydroxylation sites is 1. The second-order valence-electron chi connectivity index (χ2n) is 7.32. The lowest BCUT2D eigenvalue weighted by Crippen LogP contribution is -2.35. The Bertz CT molecular complexity index is 942. The number of carbonyl (C=O) groups is 1. The maximum atomic E-state index is 12.7. The first kappa shape index (κ1) is 16.9. The summed E-state index contributed by atoms with van der Waals surface area (Å²) in [5, 5.41) is 1.27. The summed E-state index contributed by atoms with van der Waals surface area (Å²) >= 11 is 0. The molecule has 26 heavy (non-hydrogen) atoms. The van der Waals surface area contributed by atoms with E-state index in [0.717, 1.165) is 12.8 Å². The van der Waals surface area contributed by atoms with E-state index >= 15 is 0 Å². The van der Waals surface area contributed by atoms with Crippen molar-refractivity contribution in [2.45, 2.75) is 45.2 Å². The van der Waals surface area contributed by atoms with E-state index in [9.17, 15) is 4.79 Å². The lowest BCUT2D eigenvalue weighted by molar-refractivity contribution is -0.131. The molecule has 0 aliphatic carbocycles. The lowest BCUT2D eigenvalue weighted by Gasteiger charge is -2.31. The molecule has 2 aromatic carbocycles. The average Bonchev–Trinajstić information content (AvgIpc) is 3.19. The van der Waals surface area contributed by atoms with E-state index in [2.05, 4.69) is 85.0 Å². The molecule has 2 atom stereocenters. The van der Waals surface area contributed by atoms with Crippen LogP contribution in [-0.4, -0.2) is 21.4 Å². The Morgan fingerprint density at radius 3 is 2.50 bits per heavy atom. The van der Waals surface area contributed by atoms with Crippen molar-refractivity contribution in [3.8, 4) is 11.3 Å². The minimum Gasteiger partial charge on any atom is -0.343 e. The summed E-state index contributed by atoms with van der Waals surface area (Å²) < 4.78 is 2.29. The molecule has 0 spiro atoms. The quantitative estimate of drug-likeness (QED) is 0.629. The van der Waals surface area contributed by atoms with E-state index < -0.39 is 0 Å². The Morgan fingerprint density at radius 1 is 1.08 bits per heavy atom. The van der Waals surface area contributed by atoms with Gasteiger partial charge in [-0.2, -0.15) is 0 Å². The standard InChI is InChI=1S/C23H26N2O/c1-4-16(2)25-20(14-15-21(25)26)22-18-12-8-9-13-19(18)24(3)23(22)17-10-6-5-7-11-17/h5-13,16,20H,4,14-15H2,1-3H3/t16-,20-/m1/s1. The maximum absolute atomic E-state index is 12.7. The first-order chi connectivity index (χ1) is 12.6. The predicted octanol–water partition coefficient (Wildman–Crippen LogP) is 5.31. The number of carbonyl (C=O) groups excluding carboxylic acids is 1. The first-order valence-corrected chi connectivity index (χ1v) is 9.57. The number of benzene rings is 2. The number of fused-ring (bicyclic) bond motifs is 1. The van der Waals surface area contributed by atoms with Crippen LogP contribution in [0.25, 0.3) is 22.2 Å². The van der Waals surface area contributed by atoms with Gasteiger partial charge in [0.05, 0.1) is 11.7 Å². The number of hydrogen-bond donors (Lipinski definition) is 0. The van der Waals surface area contributed by atoms with Crippen molar-refractivity contribution in [1.82, 2.24) is 9.47 Å². The summed E-state index contributed by atoms with van der Waals surface area (Å²) in [5.74, 6) is 0.288. The highest BCUT2D eigenvalue weighted by molar-refractivity contribution is 5.93. The number of amides is 1. The minimum atomic E-state index is 0.152. The molecule has 0 saturated carbocycles. The Morgan fingerprint density at radius 2 is 1.77 bits per heavy atom. The summed E-state index contributed by atoms with van der Waals surface area (Å²) in [6, 6.07) is 19.5. The highest BCUT2D eigenvalue weighted by Gasteiger charge is 2.38. The van der Waals surface area contributed by atoms with Crippen LogP contribution in [0.1, 0.15) is 44.7 Å². The third kappa shape index (κ3) is 2.54. The molecule has 1 saturated heterocycles. The number of aromatic nitrogens is 1. The van der Waals surface area contributed by atoms with Crippen molar-refractivity contribution >= 4 is 16.8 Å². The molecule has 4 rings (SSSR count). The fraction of sp³-hybridized carbons (Fsp3) is 0.348. The molecule has 134 valence electrons.